The summed E-state index contributed by atoms with van der Waals surface area (Å²) in [6, 6.07) is 5.15. The molecule has 1 aromatic carbocycles. The molecule has 3 rings (SSSR count). The highest BCUT2D eigenvalue weighted by Crippen LogP contribution is 2.30. The monoisotopic (exact) mass is 552 g/mol. The molecule has 15 heteroatoms. The fourth-order valence-electron chi connectivity index (χ4n) is 3.89. The molecule has 0 aliphatic carbocycles. The van der Waals surface area contributed by atoms with E-state index in [0.717, 1.165) is 38.1 Å². The quantitative estimate of drug-likeness (QED) is 0.447. The minimum absolute atomic E-state index is 0.166. The van der Waals surface area contributed by atoms with Gasteiger partial charge in [-0.05, 0) is 38.0 Å². The fourth-order valence-corrected chi connectivity index (χ4v) is 4.46. The molecule has 37 heavy (non-hydrogen) atoms. The Kier molecular flexibility index (Phi) is 10.5. The Labute approximate surface area is 213 Å². The summed E-state index contributed by atoms with van der Waals surface area (Å²) in [7, 11) is -3.50. The number of alkyl halides is 3. The average molecular weight is 553 g/mol. The van der Waals surface area contributed by atoms with E-state index in [0.29, 0.717) is 43.8 Å². The lowest BCUT2D eigenvalue weighted by Gasteiger charge is -2.32. The minimum atomic E-state index is -5.08. The molecular weight excluding hydrogens is 521 g/mol. The largest absolute Gasteiger partial charge is 0.490 e. The maximum absolute atomic E-state index is 13.0. The molecule has 0 unspecified atom stereocenters. The van der Waals surface area contributed by atoms with Crippen molar-refractivity contribution >= 4 is 39.2 Å². The topological polar surface area (TPSA) is 145 Å². The number of sulfonamides is 1. The van der Waals surface area contributed by atoms with Crippen LogP contribution in [0.5, 0.6) is 0 Å². The molecule has 0 atom stereocenters. The van der Waals surface area contributed by atoms with Crippen LogP contribution >= 0.6 is 0 Å². The number of carboxylic acid groups (broad SMARTS) is 1. The maximum atomic E-state index is 13.0. The van der Waals surface area contributed by atoms with Gasteiger partial charge in [-0.1, -0.05) is 0 Å². The van der Waals surface area contributed by atoms with Gasteiger partial charge in [-0.2, -0.15) is 13.2 Å². The Morgan fingerprint density at radius 3 is 2.19 bits per heavy atom. The summed E-state index contributed by atoms with van der Waals surface area (Å²) < 4.78 is 63.2. The third kappa shape index (κ3) is 9.39. The summed E-state index contributed by atoms with van der Waals surface area (Å²) in [5, 5.41) is 10.4. The first kappa shape index (κ1) is 30.2. The number of halogens is 3. The van der Waals surface area contributed by atoms with E-state index in [2.05, 4.69) is 14.9 Å². The highest BCUT2D eigenvalue weighted by Gasteiger charge is 2.38. The summed E-state index contributed by atoms with van der Waals surface area (Å²) in [5.41, 5.74) is 1.60. The van der Waals surface area contributed by atoms with Gasteiger partial charge in [0.25, 0.3) is 5.91 Å². The number of ether oxygens (including phenoxy) is 1. The maximum Gasteiger partial charge on any atom is 0.490 e. The van der Waals surface area contributed by atoms with Crippen molar-refractivity contribution in [2.75, 3.05) is 61.8 Å². The van der Waals surface area contributed by atoms with Crippen molar-refractivity contribution in [3.8, 4) is 0 Å². The van der Waals surface area contributed by atoms with Crippen LogP contribution in [0.1, 0.15) is 30.1 Å². The molecule has 2 saturated heterocycles. The van der Waals surface area contributed by atoms with E-state index in [9.17, 15) is 31.2 Å². The van der Waals surface area contributed by atoms with Crippen molar-refractivity contribution in [3.63, 3.8) is 0 Å². The number of likely N-dealkylation sites (tertiary alicyclic amines) is 1. The molecule has 208 valence electrons. The van der Waals surface area contributed by atoms with E-state index in [1.807, 2.05) is 0 Å². The highest BCUT2D eigenvalue weighted by atomic mass is 32.2. The van der Waals surface area contributed by atoms with Gasteiger partial charge in [0.1, 0.15) is 0 Å². The predicted molar refractivity (Wildman–Crippen MR) is 129 cm³/mol. The van der Waals surface area contributed by atoms with E-state index >= 15 is 0 Å². The molecule has 11 nitrogen and oxygen atoms in total. The van der Waals surface area contributed by atoms with Gasteiger partial charge in [-0.3, -0.25) is 14.3 Å². The molecule has 0 bridgehead atoms. The Bertz CT molecular complexity index is 1070. The van der Waals surface area contributed by atoms with Crippen LogP contribution in [0.25, 0.3) is 0 Å². The molecule has 1 amide bonds. The molecule has 2 fully saturated rings. The number of amides is 1. The third-order valence-corrected chi connectivity index (χ3v) is 6.23. The lowest BCUT2D eigenvalue weighted by atomic mass is 9.96. The van der Waals surface area contributed by atoms with Gasteiger partial charge in [-0.25, -0.2) is 13.2 Å². The van der Waals surface area contributed by atoms with E-state index in [-0.39, 0.29) is 17.8 Å². The summed E-state index contributed by atoms with van der Waals surface area (Å²) in [6.07, 6.45) is -2.85. The van der Waals surface area contributed by atoms with Gasteiger partial charge in [0.15, 0.2) is 0 Å². The molecule has 1 aromatic rings. The van der Waals surface area contributed by atoms with Gasteiger partial charge < -0.3 is 25.0 Å². The Morgan fingerprint density at radius 1 is 1.14 bits per heavy atom. The van der Waals surface area contributed by atoms with E-state index in [1.165, 1.54) is 0 Å². The number of carboxylic acids is 1. The van der Waals surface area contributed by atoms with Crippen LogP contribution < -0.4 is 14.9 Å². The number of rotatable bonds is 6. The number of esters is 1. The first-order valence-corrected chi connectivity index (χ1v) is 13.5. The van der Waals surface area contributed by atoms with Gasteiger partial charge >= 0.3 is 18.1 Å². The standard InChI is InChI=1S/C20H30N4O5S.C2HF3O2/c1-3-29-20(26)15-6-10-24(11-7-15)19(25)16-4-5-18(23-12-8-21-9-13-23)17(14-16)22-30(2,27)28;3-2(4,5)1(6)7/h4-5,14-15,21-22H,3,6-13H2,1-2H3;(H,6,7). The summed E-state index contributed by atoms with van der Waals surface area (Å²) >= 11 is 0. The zero-order chi connectivity index (χ0) is 27.8. The lowest BCUT2D eigenvalue weighted by Crippen LogP contribution is -2.44. The number of piperidine rings is 1. The van der Waals surface area contributed by atoms with Crippen LogP contribution in [-0.4, -0.2) is 94.6 Å². The second-order valence-electron chi connectivity index (χ2n) is 8.46. The zero-order valence-electron chi connectivity index (χ0n) is 20.5. The molecule has 2 aliphatic heterocycles. The van der Waals surface area contributed by atoms with Crippen LogP contribution in [0.2, 0.25) is 0 Å². The van der Waals surface area contributed by atoms with Crippen LogP contribution in [0.15, 0.2) is 18.2 Å². The predicted octanol–water partition coefficient (Wildman–Crippen LogP) is 1.52. The smallest absolute Gasteiger partial charge is 0.475 e. The number of nitrogens with one attached hydrogen (secondary N) is 2. The number of aliphatic carboxylic acids is 1. The van der Waals surface area contributed by atoms with Gasteiger partial charge in [-0.15, -0.1) is 0 Å². The third-order valence-electron chi connectivity index (χ3n) is 5.64. The first-order chi connectivity index (χ1) is 17.2. The Hall–Kier alpha value is -3.07. The van der Waals surface area contributed by atoms with E-state index < -0.39 is 22.2 Å². The van der Waals surface area contributed by atoms with Crippen molar-refractivity contribution < 1.29 is 45.8 Å². The number of anilines is 2. The zero-order valence-corrected chi connectivity index (χ0v) is 21.3. The number of piperazine rings is 1. The molecule has 0 aromatic heterocycles. The van der Waals surface area contributed by atoms with Gasteiger partial charge in [0, 0.05) is 44.8 Å². The molecule has 2 heterocycles. The van der Waals surface area contributed by atoms with Crippen molar-refractivity contribution in [1.82, 2.24) is 10.2 Å². The van der Waals surface area contributed by atoms with Crippen molar-refractivity contribution in [3.05, 3.63) is 23.8 Å². The number of hydrogen-bond donors (Lipinski definition) is 3. The molecule has 0 saturated carbocycles. The van der Waals surface area contributed by atoms with Crippen molar-refractivity contribution in [2.45, 2.75) is 25.9 Å². The lowest BCUT2D eigenvalue weighted by molar-refractivity contribution is -0.192. The second kappa shape index (κ2) is 12.9. The van der Waals surface area contributed by atoms with Crippen LogP contribution in [0.3, 0.4) is 0 Å². The number of carbonyl (C=O) groups excluding carboxylic acids is 2. The van der Waals surface area contributed by atoms with Crippen LogP contribution in [0, 0.1) is 5.92 Å². The number of benzene rings is 1. The van der Waals surface area contributed by atoms with Crippen LogP contribution in [0.4, 0.5) is 24.5 Å². The molecule has 0 radical (unpaired) electrons. The SMILES string of the molecule is CCOC(=O)C1CCN(C(=O)c2ccc(N3CCNCC3)c(NS(C)(=O)=O)c2)CC1.O=C(O)C(F)(F)F. The normalized spacial score (nSPS) is 16.9. The number of hydrogen-bond acceptors (Lipinski definition) is 8. The highest BCUT2D eigenvalue weighted by molar-refractivity contribution is 7.92. The van der Waals surface area contributed by atoms with E-state index in [4.69, 9.17) is 14.6 Å². The second-order valence-corrected chi connectivity index (χ2v) is 10.2. The van der Waals surface area contributed by atoms with Crippen LogP contribution in [-0.2, 0) is 24.3 Å². The molecular formula is C22H31F3N4O7S. The van der Waals surface area contributed by atoms with Crippen molar-refractivity contribution in [2.24, 2.45) is 5.92 Å². The number of carbonyl (C=O) groups is 3. The number of nitrogens with zero attached hydrogens (tertiary/aromatic N) is 2. The Morgan fingerprint density at radius 2 is 1.70 bits per heavy atom. The summed E-state index contributed by atoms with van der Waals surface area (Å²) in [5.74, 6) is -3.30. The van der Waals surface area contributed by atoms with Crippen molar-refractivity contribution in [1.29, 1.82) is 0 Å². The molecule has 0 spiro atoms. The average Bonchev–Trinajstić information content (AvgIpc) is 2.83. The molecule has 2 aliphatic rings. The van der Waals surface area contributed by atoms with Gasteiger partial charge in [0.05, 0.1) is 30.2 Å². The first-order valence-electron chi connectivity index (χ1n) is 11.6. The van der Waals surface area contributed by atoms with E-state index in [1.54, 1.807) is 30.0 Å². The van der Waals surface area contributed by atoms with Gasteiger partial charge in [0.2, 0.25) is 10.0 Å². The summed E-state index contributed by atoms with van der Waals surface area (Å²) in [6.45, 7) is 6.21. The minimum Gasteiger partial charge on any atom is -0.475 e. The summed E-state index contributed by atoms with van der Waals surface area (Å²) in [4.78, 5) is 37.6. The Balaban J connectivity index is 0.000000604. The molecule has 3 N–H and O–H groups in total. The fraction of sp³-hybridized carbons (Fsp3) is 0.591.